The summed E-state index contributed by atoms with van der Waals surface area (Å²) in [6, 6.07) is 8.46. The van der Waals surface area contributed by atoms with Gasteiger partial charge in [0.15, 0.2) is 5.82 Å². The molecule has 1 saturated carbocycles. The fourth-order valence-electron chi connectivity index (χ4n) is 3.89. The zero-order chi connectivity index (χ0) is 19.6. The summed E-state index contributed by atoms with van der Waals surface area (Å²) >= 11 is 1.42. The minimum absolute atomic E-state index is 0.442. The van der Waals surface area contributed by atoms with Gasteiger partial charge >= 0.3 is 0 Å². The fourth-order valence-corrected chi connectivity index (χ4v) is 4.54. The molecule has 7 nitrogen and oxygen atoms in total. The number of aromatic nitrogens is 5. The fraction of sp³-hybridized carbons (Fsp3) is 0.333. The van der Waals surface area contributed by atoms with Crippen LogP contribution in [-0.2, 0) is 0 Å². The lowest BCUT2D eigenvalue weighted by Gasteiger charge is -2.24. The lowest BCUT2D eigenvalue weighted by Crippen LogP contribution is -2.23. The van der Waals surface area contributed by atoms with Gasteiger partial charge in [-0.2, -0.15) is 9.36 Å². The number of hydrogen-bond donors (Lipinski definition) is 2. The molecule has 0 amide bonds. The van der Waals surface area contributed by atoms with Crippen molar-refractivity contribution < 1.29 is 0 Å². The standard InChI is InChI=1S/C21H23N7S/c1-14-12-18(29-27-14)25-21-24-17-9-11-28(16-8-5-10-22-13-16)19(17)20(26-21)23-15-6-3-2-4-7-15/h5,8-13,15H,2-4,6-7H2,1H3,(H2,23,24,25,26). The summed E-state index contributed by atoms with van der Waals surface area (Å²) < 4.78 is 6.44. The molecule has 148 valence electrons. The maximum absolute atomic E-state index is 4.86. The Bertz CT molecular complexity index is 1110. The second-order valence-corrected chi connectivity index (χ2v) is 8.27. The minimum atomic E-state index is 0.442. The lowest BCUT2D eigenvalue weighted by atomic mass is 9.95. The van der Waals surface area contributed by atoms with Crippen LogP contribution < -0.4 is 10.6 Å². The Balaban J connectivity index is 1.58. The molecule has 4 aromatic rings. The molecule has 4 heterocycles. The molecule has 4 aromatic heterocycles. The number of aryl methyl sites for hydroxylation is 1. The van der Waals surface area contributed by atoms with E-state index >= 15 is 0 Å². The number of nitrogens with one attached hydrogen (secondary N) is 2. The summed E-state index contributed by atoms with van der Waals surface area (Å²) in [5.41, 5.74) is 3.86. The van der Waals surface area contributed by atoms with Crippen LogP contribution in [0.15, 0.2) is 42.9 Å². The molecule has 0 radical (unpaired) electrons. The number of pyridine rings is 1. The lowest BCUT2D eigenvalue weighted by molar-refractivity contribution is 0.462. The first kappa shape index (κ1) is 18.1. The van der Waals surface area contributed by atoms with Gasteiger partial charge < -0.3 is 15.2 Å². The molecular weight excluding hydrogens is 382 g/mol. The third kappa shape index (κ3) is 3.80. The van der Waals surface area contributed by atoms with Crippen molar-refractivity contribution in [1.82, 2.24) is 23.9 Å². The zero-order valence-corrected chi connectivity index (χ0v) is 17.1. The maximum Gasteiger partial charge on any atom is 0.230 e. The van der Waals surface area contributed by atoms with Gasteiger partial charge in [0, 0.05) is 18.4 Å². The van der Waals surface area contributed by atoms with Crippen LogP contribution in [0.4, 0.5) is 16.8 Å². The van der Waals surface area contributed by atoms with E-state index in [9.17, 15) is 0 Å². The molecule has 0 spiro atoms. The molecule has 0 aliphatic heterocycles. The topological polar surface area (TPSA) is 80.5 Å². The van der Waals surface area contributed by atoms with Gasteiger partial charge in [-0.1, -0.05) is 19.3 Å². The van der Waals surface area contributed by atoms with E-state index in [4.69, 9.17) is 9.97 Å². The van der Waals surface area contributed by atoms with Gasteiger partial charge in [-0.25, -0.2) is 4.98 Å². The molecule has 5 rings (SSSR count). The highest BCUT2D eigenvalue weighted by molar-refractivity contribution is 7.10. The Hall–Kier alpha value is -3.00. The van der Waals surface area contributed by atoms with E-state index in [1.54, 1.807) is 6.20 Å². The molecule has 8 heteroatoms. The van der Waals surface area contributed by atoms with Gasteiger partial charge in [0.05, 0.1) is 23.1 Å². The Morgan fingerprint density at radius 3 is 2.79 bits per heavy atom. The largest absolute Gasteiger partial charge is 0.365 e. The molecular formula is C21H23N7S. The van der Waals surface area contributed by atoms with Gasteiger partial charge in [-0.15, -0.1) is 0 Å². The van der Waals surface area contributed by atoms with Crippen molar-refractivity contribution in [2.75, 3.05) is 10.6 Å². The SMILES string of the molecule is Cc1cc(Nc2nc(NC3CCCCC3)c3c(ccn3-c3cccnc3)n2)sn1. The number of hydrogen-bond acceptors (Lipinski definition) is 7. The van der Waals surface area contributed by atoms with Crippen molar-refractivity contribution in [1.29, 1.82) is 0 Å². The van der Waals surface area contributed by atoms with Crippen LogP contribution in [0.5, 0.6) is 0 Å². The molecule has 0 atom stereocenters. The van der Waals surface area contributed by atoms with E-state index in [0.717, 1.165) is 33.2 Å². The number of nitrogens with zero attached hydrogens (tertiary/aromatic N) is 5. The smallest absolute Gasteiger partial charge is 0.230 e. The van der Waals surface area contributed by atoms with Crippen molar-refractivity contribution in [2.45, 2.75) is 45.1 Å². The van der Waals surface area contributed by atoms with Crippen LogP contribution >= 0.6 is 11.5 Å². The van der Waals surface area contributed by atoms with Crippen LogP contribution in [-0.4, -0.2) is 29.9 Å². The minimum Gasteiger partial charge on any atom is -0.365 e. The van der Waals surface area contributed by atoms with E-state index in [1.165, 1.54) is 43.6 Å². The summed E-state index contributed by atoms with van der Waals surface area (Å²) in [6.07, 6.45) is 11.9. The monoisotopic (exact) mass is 405 g/mol. The molecule has 0 bridgehead atoms. The average Bonchev–Trinajstić information content (AvgIpc) is 3.36. The Labute approximate surface area is 173 Å². The zero-order valence-electron chi connectivity index (χ0n) is 16.3. The third-order valence-corrected chi connectivity index (χ3v) is 6.06. The molecule has 0 saturated heterocycles. The molecule has 1 fully saturated rings. The molecule has 1 aliphatic carbocycles. The highest BCUT2D eigenvalue weighted by Crippen LogP contribution is 2.30. The average molecular weight is 406 g/mol. The predicted octanol–water partition coefficient (Wildman–Crippen LogP) is 5.07. The van der Waals surface area contributed by atoms with E-state index in [2.05, 4.69) is 24.6 Å². The molecule has 1 aliphatic rings. The first-order valence-electron chi connectivity index (χ1n) is 10.0. The van der Waals surface area contributed by atoms with Crippen LogP contribution in [0, 0.1) is 6.92 Å². The Morgan fingerprint density at radius 2 is 2.03 bits per heavy atom. The first-order valence-corrected chi connectivity index (χ1v) is 10.8. The Morgan fingerprint density at radius 1 is 1.14 bits per heavy atom. The van der Waals surface area contributed by atoms with Gasteiger partial charge in [0.2, 0.25) is 5.95 Å². The summed E-state index contributed by atoms with van der Waals surface area (Å²) in [4.78, 5) is 13.9. The number of fused-ring (bicyclic) bond motifs is 1. The van der Waals surface area contributed by atoms with E-state index in [-0.39, 0.29) is 0 Å². The van der Waals surface area contributed by atoms with Crippen LogP contribution in [0.25, 0.3) is 16.7 Å². The van der Waals surface area contributed by atoms with E-state index < -0.39 is 0 Å². The van der Waals surface area contributed by atoms with Gasteiger partial charge in [0.1, 0.15) is 10.5 Å². The summed E-state index contributed by atoms with van der Waals surface area (Å²) in [5.74, 6) is 1.45. The Kier molecular flexibility index (Phi) is 4.85. The van der Waals surface area contributed by atoms with Gasteiger partial charge in [-0.3, -0.25) is 4.98 Å². The highest BCUT2D eigenvalue weighted by Gasteiger charge is 2.19. The van der Waals surface area contributed by atoms with Gasteiger partial charge in [-0.05, 0) is 55.6 Å². The highest BCUT2D eigenvalue weighted by atomic mass is 32.1. The summed E-state index contributed by atoms with van der Waals surface area (Å²) in [5, 5.41) is 7.96. The quantitative estimate of drug-likeness (QED) is 0.483. The van der Waals surface area contributed by atoms with Crippen molar-refractivity contribution in [2.24, 2.45) is 0 Å². The van der Waals surface area contributed by atoms with Crippen molar-refractivity contribution in [3.63, 3.8) is 0 Å². The number of anilines is 3. The van der Waals surface area contributed by atoms with Crippen LogP contribution in [0.1, 0.15) is 37.8 Å². The van der Waals surface area contributed by atoms with Gasteiger partial charge in [0.25, 0.3) is 0 Å². The van der Waals surface area contributed by atoms with Crippen molar-refractivity contribution >= 4 is 39.3 Å². The second-order valence-electron chi connectivity index (χ2n) is 7.46. The van der Waals surface area contributed by atoms with Crippen molar-refractivity contribution in [3.8, 4) is 5.69 Å². The normalized spacial score (nSPS) is 14.9. The van der Waals surface area contributed by atoms with Crippen LogP contribution in [0.3, 0.4) is 0 Å². The summed E-state index contributed by atoms with van der Waals surface area (Å²) in [7, 11) is 0. The maximum atomic E-state index is 4.86. The van der Waals surface area contributed by atoms with E-state index in [0.29, 0.717) is 12.0 Å². The summed E-state index contributed by atoms with van der Waals surface area (Å²) in [6.45, 7) is 1.98. The second kappa shape index (κ2) is 7.79. The first-order chi connectivity index (χ1) is 14.3. The van der Waals surface area contributed by atoms with Crippen molar-refractivity contribution in [3.05, 3.63) is 48.5 Å². The predicted molar refractivity (Wildman–Crippen MR) is 117 cm³/mol. The number of rotatable bonds is 5. The van der Waals surface area contributed by atoms with E-state index in [1.807, 2.05) is 43.6 Å². The molecule has 0 unspecified atom stereocenters. The third-order valence-electron chi connectivity index (χ3n) is 5.27. The molecule has 0 aromatic carbocycles. The van der Waals surface area contributed by atoms with Crippen LogP contribution in [0.2, 0.25) is 0 Å². The molecule has 2 N–H and O–H groups in total. The molecule has 29 heavy (non-hydrogen) atoms.